The lowest BCUT2D eigenvalue weighted by molar-refractivity contribution is 0.492. The van der Waals surface area contributed by atoms with Crippen LogP contribution in [0.2, 0.25) is 0 Å². The molecule has 0 amide bonds. The van der Waals surface area contributed by atoms with Gasteiger partial charge in [0.05, 0.1) is 11.1 Å². The second kappa shape index (κ2) is 7.11. The molecule has 9 nitrogen and oxygen atoms in total. The molecule has 0 aliphatic carbocycles. The van der Waals surface area contributed by atoms with Gasteiger partial charge in [0.15, 0.2) is 0 Å². The molecule has 1 fully saturated rings. The number of nitrogen functional groups attached to an aromatic ring is 1. The summed E-state index contributed by atoms with van der Waals surface area (Å²) >= 11 is 0. The van der Waals surface area contributed by atoms with Crippen molar-refractivity contribution < 1.29 is 8.42 Å². The average molecular weight is 349 g/mol. The third-order valence-corrected chi connectivity index (χ3v) is 5.37. The monoisotopic (exact) mass is 349 g/mol. The summed E-state index contributed by atoms with van der Waals surface area (Å²) in [4.78, 5) is 4.36. The highest BCUT2D eigenvalue weighted by Crippen LogP contribution is 2.23. The normalized spacial score (nSPS) is 15.5. The van der Waals surface area contributed by atoms with Crippen LogP contribution in [0.3, 0.4) is 0 Å². The highest BCUT2D eigenvalue weighted by molar-refractivity contribution is 7.92. The molecule has 1 aromatic heterocycles. The number of anilines is 2. The topological polar surface area (TPSA) is 124 Å². The number of pyridine rings is 1. The summed E-state index contributed by atoms with van der Waals surface area (Å²) in [6.45, 7) is 0.248. The van der Waals surface area contributed by atoms with E-state index in [1.807, 2.05) is 0 Å². The Hall–Kier alpha value is -2.24. The van der Waals surface area contributed by atoms with Crippen LogP contribution in [0.5, 0.6) is 0 Å². The Bertz CT molecular complexity index is 761. The van der Waals surface area contributed by atoms with Crippen molar-refractivity contribution in [3.8, 4) is 0 Å². The highest BCUT2D eigenvalue weighted by Gasteiger charge is 2.27. The van der Waals surface area contributed by atoms with E-state index < -0.39 is 10.0 Å². The van der Waals surface area contributed by atoms with E-state index in [1.54, 1.807) is 36.5 Å². The second-order valence-electron chi connectivity index (χ2n) is 5.21. The molecule has 1 aliphatic rings. The molecule has 2 aromatic rings. The second-order valence-corrected chi connectivity index (χ2v) is 7.08. The van der Waals surface area contributed by atoms with Crippen LogP contribution in [0, 0.1) is 0 Å². The van der Waals surface area contributed by atoms with Crippen molar-refractivity contribution in [1.29, 1.82) is 0 Å². The van der Waals surface area contributed by atoms with Gasteiger partial charge in [0.1, 0.15) is 5.82 Å². The minimum atomic E-state index is -3.74. The smallest absolute Gasteiger partial charge is 0.265 e. The molecule has 10 heteroatoms. The summed E-state index contributed by atoms with van der Waals surface area (Å²) in [6.07, 6.45) is 1.97. The number of nitrogens with two attached hydrogens (primary N) is 1. The van der Waals surface area contributed by atoms with E-state index in [0.717, 1.165) is 0 Å². The van der Waals surface area contributed by atoms with Crippen molar-refractivity contribution >= 4 is 21.5 Å². The van der Waals surface area contributed by atoms with Crippen molar-refractivity contribution in [2.75, 3.05) is 16.6 Å². The number of hydrogen-bond donors (Lipinski definition) is 5. The fourth-order valence-corrected chi connectivity index (χ4v) is 3.73. The maximum atomic E-state index is 13.0. The lowest BCUT2D eigenvalue weighted by Crippen LogP contribution is -2.40. The van der Waals surface area contributed by atoms with Gasteiger partial charge in [-0.2, -0.15) is 11.1 Å². The Morgan fingerprint density at radius 3 is 2.42 bits per heavy atom. The fraction of sp³-hybridized carbons (Fsp3) is 0.214. The summed E-state index contributed by atoms with van der Waals surface area (Å²) in [7, 11) is -3.74. The lowest BCUT2D eigenvalue weighted by atomic mass is 10.3. The molecule has 2 heterocycles. The fourth-order valence-electron chi connectivity index (χ4n) is 2.30. The number of aromatic nitrogens is 1. The van der Waals surface area contributed by atoms with Crippen LogP contribution < -0.4 is 32.0 Å². The lowest BCUT2D eigenvalue weighted by Gasteiger charge is -2.24. The molecule has 6 N–H and O–H groups in total. The maximum Gasteiger partial charge on any atom is 0.265 e. The van der Waals surface area contributed by atoms with E-state index in [9.17, 15) is 8.42 Å². The van der Waals surface area contributed by atoms with Crippen LogP contribution in [0.4, 0.5) is 11.5 Å². The van der Waals surface area contributed by atoms with Gasteiger partial charge in [-0.25, -0.2) is 28.6 Å². The first-order chi connectivity index (χ1) is 11.6. The number of sulfonamides is 1. The number of hydrogen-bond acceptors (Lipinski definition) is 8. The Morgan fingerprint density at radius 2 is 1.79 bits per heavy atom. The van der Waals surface area contributed by atoms with E-state index in [4.69, 9.17) is 5.73 Å². The Morgan fingerprint density at radius 1 is 1.08 bits per heavy atom. The van der Waals surface area contributed by atoms with Crippen LogP contribution in [-0.4, -0.2) is 26.1 Å². The molecule has 128 valence electrons. The molecular weight excluding hydrogens is 330 g/mol. The van der Waals surface area contributed by atoms with Gasteiger partial charge in [-0.05, 0) is 42.8 Å². The standard InChI is InChI=1S/C14H19N7O2S/c15-11-4-6-12(7-5-11)24(22,23)21(14-3-1-2-9-16-14)10-8-13-17-19-20-18-13/h1-7,9,13,17-20H,8,10,15H2. The molecule has 3 rings (SSSR count). The predicted molar refractivity (Wildman–Crippen MR) is 90.6 cm³/mol. The zero-order valence-electron chi connectivity index (χ0n) is 12.8. The van der Waals surface area contributed by atoms with Gasteiger partial charge in [-0.3, -0.25) is 0 Å². The van der Waals surface area contributed by atoms with Gasteiger partial charge in [-0.1, -0.05) is 6.07 Å². The van der Waals surface area contributed by atoms with Crippen LogP contribution >= 0.6 is 0 Å². The number of nitrogens with zero attached hydrogens (tertiary/aromatic N) is 2. The molecular formula is C14H19N7O2S. The van der Waals surface area contributed by atoms with Gasteiger partial charge in [0.2, 0.25) is 0 Å². The van der Waals surface area contributed by atoms with Crippen molar-refractivity contribution in [2.24, 2.45) is 0 Å². The minimum Gasteiger partial charge on any atom is -0.399 e. The van der Waals surface area contributed by atoms with Crippen molar-refractivity contribution in [3.05, 3.63) is 48.7 Å². The maximum absolute atomic E-state index is 13.0. The first kappa shape index (κ1) is 16.6. The zero-order chi connectivity index (χ0) is 17.0. The summed E-state index contributed by atoms with van der Waals surface area (Å²) in [6, 6.07) is 11.3. The SMILES string of the molecule is Nc1ccc(S(=O)(=O)N(CCC2NNNN2)c2ccccn2)cc1. The van der Waals surface area contributed by atoms with Crippen molar-refractivity contribution in [2.45, 2.75) is 17.5 Å². The minimum absolute atomic E-state index is 0.113. The van der Waals surface area contributed by atoms with E-state index >= 15 is 0 Å². The van der Waals surface area contributed by atoms with Crippen LogP contribution in [0.15, 0.2) is 53.6 Å². The number of benzene rings is 1. The van der Waals surface area contributed by atoms with Gasteiger partial charge in [0, 0.05) is 18.4 Å². The summed E-state index contributed by atoms with van der Waals surface area (Å²) in [5.41, 5.74) is 17.4. The van der Waals surface area contributed by atoms with Crippen LogP contribution in [0.1, 0.15) is 6.42 Å². The number of hydrazine groups is 3. The summed E-state index contributed by atoms with van der Waals surface area (Å²) in [5.74, 6) is 0.369. The first-order valence-electron chi connectivity index (χ1n) is 7.38. The molecule has 0 saturated carbocycles. The highest BCUT2D eigenvalue weighted by atomic mass is 32.2. The van der Waals surface area contributed by atoms with E-state index in [-0.39, 0.29) is 17.6 Å². The summed E-state index contributed by atoms with van der Waals surface area (Å²) in [5, 5.41) is 0. The third kappa shape index (κ3) is 3.63. The molecule has 24 heavy (non-hydrogen) atoms. The largest absolute Gasteiger partial charge is 0.399 e. The summed E-state index contributed by atoms with van der Waals surface area (Å²) < 4.78 is 27.3. The molecule has 0 spiro atoms. The average Bonchev–Trinajstić information content (AvgIpc) is 3.10. The van der Waals surface area contributed by atoms with E-state index in [1.165, 1.54) is 16.4 Å². The number of rotatable bonds is 6. The molecule has 0 bridgehead atoms. The van der Waals surface area contributed by atoms with Crippen LogP contribution in [-0.2, 0) is 10.0 Å². The zero-order valence-corrected chi connectivity index (χ0v) is 13.6. The third-order valence-electron chi connectivity index (χ3n) is 3.55. The van der Waals surface area contributed by atoms with Crippen LogP contribution in [0.25, 0.3) is 0 Å². The van der Waals surface area contributed by atoms with Crippen molar-refractivity contribution in [3.63, 3.8) is 0 Å². The quantitative estimate of drug-likeness (QED) is 0.450. The van der Waals surface area contributed by atoms with Gasteiger partial charge in [-0.15, -0.1) is 0 Å². The molecule has 1 aromatic carbocycles. The molecule has 0 radical (unpaired) electrons. The predicted octanol–water partition coefficient (Wildman–Crippen LogP) is -0.308. The van der Waals surface area contributed by atoms with Crippen molar-refractivity contribution in [1.82, 2.24) is 26.9 Å². The van der Waals surface area contributed by atoms with Gasteiger partial charge in [0.25, 0.3) is 10.0 Å². The van der Waals surface area contributed by atoms with E-state index in [0.29, 0.717) is 17.9 Å². The Kier molecular flexibility index (Phi) is 4.92. The molecule has 1 aliphatic heterocycles. The Balaban J connectivity index is 1.89. The first-order valence-corrected chi connectivity index (χ1v) is 8.82. The molecule has 1 saturated heterocycles. The molecule has 0 unspecified atom stereocenters. The molecule has 0 atom stereocenters. The van der Waals surface area contributed by atoms with Gasteiger partial charge < -0.3 is 5.73 Å². The van der Waals surface area contributed by atoms with E-state index in [2.05, 4.69) is 26.9 Å². The number of nitrogens with one attached hydrogen (secondary N) is 4. The van der Waals surface area contributed by atoms with Gasteiger partial charge >= 0.3 is 0 Å². The Labute approximate surface area is 140 Å².